The molecule has 0 unspecified atom stereocenters. The Kier molecular flexibility index (Phi) is 4.22. The molecule has 0 rings (SSSR count). The Morgan fingerprint density at radius 2 is 1.91 bits per heavy atom. The normalized spacial score (nSPS) is 13.0. The van der Waals surface area contributed by atoms with Gasteiger partial charge in [-0.2, -0.15) is 0 Å². The van der Waals surface area contributed by atoms with Crippen LogP contribution < -0.4 is 0 Å². The van der Waals surface area contributed by atoms with Gasteiger partial charge in [-0.25, -0.2) is 0 Å². The van der Waals surface area contributed by atoms with E-state index in [2.05, 4.69) is 4.74 Å². The number of carbonyl (C=O) groups excluding carboxylic acids is 1. The average Bonchev–Trinajstić information content (AvgIpc) is 1.85. The first-order valence-corrected chi connectivity index (χ1v) is 3.84. The van der Waals surface area contributed by atoms with Gasteiger partial charge in [-0.3, -0.25) is 4.79 Å². The average molecular weight is 217 g/mol. The Hall–Kier alpha value is 0.0800. The number of methoxy groups -OCH3 is 1. The number of alkyl halides is 3. The highest BCUT2D eigenvalue weighted by molar-refractivity contribution is 6.77. The lowest BCUT2D eigenvalue weighted by molar-refractivity contribution is -0.114. The lowest BCUT2D eigenvalue weighted by Crippen LogP contribution is -2.16. The molecule has 0 radical (unpaired) electrons. The summed E-state index contributed by atoms with van der Waals surface area (Å²) in [6.07, 6.45) is 1.13. The van der Waals surface area contributed by atoms with Gasteiger partial charge < -0.3 is 4.74 Å². The topological polar surface area (TPSA) is 26.3 Å². The number of ketones is 1. The van der Waals surface area contributed by atoms with Crippen LogP contribution in [0.2, 0.25) is 0 Å². The zero-order valence-electron chi connectivity index (χ0n) is 6.03. The fourth-order valence-electron chi connectivity index (χ4n) is 0.325. The second kappa shape index (κ2) is 4.19. The van der Waals surface area contributed by atoms with Crippen LogP contribution >= 0.6 is 34.8 Å². The van der Waals surface area contributed by atoms with E-state index < -0.39 is 9.58 Å². The molecule has 0 aromatic heterocycles. The molecular weight excluding hydrogens is 210 g/mol. The van der Waals surface area contributed by atoms with Gasteiger partial charge in [0.05, 0.1) is 12.9 Å². The molecule has 0 heterocycles. The lowest BCUT2D eigenvalue weighted by Gasteiger charge is -2.05. The maximum absolute atomic E-state index is 10.9. The van der Waals surface area contributed by atoms with Crippen molar-refractivity contribution >= 4 is 40.6 Å². The van der Waals surface area contributed by atoms with Crippen molar-refractivity contribution < 1.29 is 9.53 Å². The van der Waals surface area contributed by atoms with E-state index in [1.54, 1.807) is 6.92 Å². The highest BCUT2D eigenvalue weighted by Gasteiger charge is 2.28. The zero-order valence-corrected chi connectivity index (χ0v) is 8.30. The maximum atomic E-state index is 10.9. The highest BCUT2D eigenvalue weighted by atomic mass is 35.6. The number of allylic oxidation sites excluding steroid dienone is 2. The molecule has 11 heavy (non-hydrogen) atoms. The molecule has 0 aliphatic heterocycles. The summed E-state index contributed by atoms with van der Waals surface area (Å²) in [5, 5.41) is 0. The molecule has 0 N–H and O–H groups in total. The second-order valence-corrected chi connectivity index (χ2v) is 4.10. The molecule has 0 bridgehead atoms. The maximum Gasteiger partial charge on any atom is 0.252 e. The van der Waals surface area contributed by atoms with Gasteiger partial charge >= 0.3 is 0 Å². The Bertz CT molecular complexity index is 181. The predicted molar refractivity (Wildman–Crippen MR) is 46.1 cm³/mol. The van der Waals surface area contributed by atoms with Gasteiger partial charge in [-0.15, -0.1) is 0 Å². The number of carbonyl (C=O) groups is 1. The molecule has 2 nitrogen and oxygen atoms in total. The first-order chi connectivity index (χ1) is 4.88. The number of rotatable bonds is 2. The van der Waals surface area contributed by atoms with Crippen LogP contribution in [0.5, 0.6) is 0 Å². The summed E-state index contributed by atoms with van der Waals surface area (Å²) in [7, 11) is 1.43. The van der Waals surface area contributed by atoms with Crippen LogP contribution in [0, 0.1) is 0 Å². The van der Waals surface area contributed by atoms with Crippen LogP contribution in [0.1, 0.15) is 6.92 Å². The van der Waals surface area contributed by atoms with Crippen LogP contribution in [0.25, 0.3) is 0 Å². The van der Waals surface area contributed by atoms with E-state index in [0.717, 1.165) is 6.08 Å². The summed E-state index contributed by atoms with van der Waals surface area (Å²) >= 11 is 15.8. The SMILES string of the molecule is COC(C)=CC(=O)C(Cl)(Cl)Cl. The first-order valence-electron chi connectivity index (χ1n) is 2.71. The molecule has 0 aromatic rings. The van der Waals surface area contributed by atoms with E-state index >= 15 is 0 Å². The fraction of sp³-hybridized carbons (Fsp3) is 0.500. The third-order valence-corrected chi connectivity index (χ3v) is 1.49. The van der Waals surface area contributed by atoms with Gasteiger partial charge in [0.2, 0.25) is 5.78 Å². The van der Waals surface area contributed by atoms with E-state index in [-0.39, 0.29) is 0 Å². The van der Waals surface area contributed by atoms with Crippen LogP contribution in [-0.2, 0) is 9.53 Å². The van der Waals surface area contributed by atoms with Gasteiger partial charge in [-0.1, -0.05) is 34.8 Å². The molecule has 64 valence electrons. The molecule has 5 heteroatoms. The molecule has 0 fully saturated rings. The van der Waals surface area contributed by atoms with Crippen molar-refractivity contribution in [2.24, 2.45) is 0 Å². The Balaban J connectivity index is 4.30. The summed E-state index contributed by atoms with van der Waals surface area (Å²) in [5.74, 6) is -0.205. The number of halogens is 3. The smallest absolute Gasteiger partial charge is 0.252 e. The zero-order chi connectivity index (χ0) is 9.07. The van der Waals surface area contributed by atoms with Gasteiger partial charge in [0.25, 0.3) is 3.79 Å². The Labute approximate surface area is 80.1 Å². The molecule has 0 aromatic carbocycles. The molecule has 0 aliphatic carbocycles. The number of hydrogen-bond acceptors (Lipinski definition) is 2. The van der Waals surface area contributed by atoms with Crippen molar-refractivity contribution in [2.75, 3.05) is 7.11 Å². The Morgan fingerprint density at radius 3 is 2.18 bits per heavy atom. The van der Waals surface area contributed by atoms with Crippen LogP contribution in [0.3, 0.4) is 0 Å². The third-order valence-electron chi connectivity index (χ3n) is 0.936. The second-order valence-electron chi connectivity index (χ2n) is 1.82. The largest absolute Gasteiger partial charge is 0.501 e. The summed E-state index contributed by atoms with van der Waals surface area (Å²) in [4.78, 5) is 10.9. The minimum atomic E-state index is -1.89. The lowest BCUT2D eigenvalue weighted by atomic mass is 10.4. The summed E-state index contributed by atoms with van der Waals surface area (Å²) in [5.41, 5.74) is 0. The molecule has 0 spiro atoms. The minimum Gasteiger partial charge on any atom is -0.501 e. The van der Waals surface area contributed by atoms with Crippen molar-refractivity contribution in [3.05, 3.63) is 11.8 Å². The number of hydrogen-bond donors (Lipinski definition) is 0. The molecular formula is C6H7Cl3O2. The van der Waals surface area contributed by atoms with Crippen molar-refractivity contribution in [3.8, 4) is 0 Å². The van der Waals surface area contributed by atoms with E-state index in [1.165, 1.54) is 7.11 Å². The van der Waals surface area contributed by atoms with E-state index in [1.807, 2.05) is 0 Å². The first kappa shape index (κ1) is 11.1. The van der Waals surface area contributed by atoms with Gasteiger partial charge in [0.1, 0.15) is 0 Å². The molecule has 0 atom stereocenters. The fourth-order valence-corrected chi connectivity index (χ4v) is 0.489. The quantitative estimate of drug-likeness (QED) is 0.403. The van der Waals surface area contributed by atoms with Gasteiger partial charge in [-0.05, 0) is 6.92 Å². The molecule has 0 aliphatic rings. The van der Waals surface area contributed by atoms with Crippen molar-refractivity contribution in [2.45, 2.75) is 10.7 Å². The van der Waals surface area contributed by atoms with Crippen LogP contribution in [0.4, 0.5) is 0 Å². The van der Waals surface area contributed by atoms with Crippen molar-refractivity contribution in [1.82, 2.24) is 0 Å². The molecule has 0 amide bonds. The minimum absolute atomic E-state index is 0.404. The summed E-state index contributed by atoms with van der Waals surface area (Å²) in [6.45, 7) is 1.59. The van der Waals surface area contributed by atoms with Gasteiger partial charge in [0, 0.05) is 6.08 Å². The van der Waals surface area contributed by atoms with E-state index in [9.17, 15) is 4.79 Å². The molecule has 0 saturated heterocycles. The van der Waals surface area contributed by atoms with Crippen molar-refractivity contribution in [3.63, 3.8) is 0 Å². The molecule has 0 saturated carbocycles. The van der Waals surface area contributed by atoms with Crippen LogP contribution in [-0.4, -0.2) is 16.7 Å². The number of ether oxygens (including phenoxy) is 1. The standard InChI is InChI=1S/C6H7Cl3O2/c1-4(11-2)3-5(10)6(7,8)9/h3H,1-2H3. The highest BCUT2D eigenvalue weighted by Crippen LogP contribution is 2.27. The van der Waals surface area contributed by atoms with Gasteiger partial charge in [0.15, 0.2) is 0 Å². The predicted octanol–water partition coefficient (Wildman–Crippen LogP) is 2.48. The monoisotopic (exact) mass is 216 g/mol. The van der Waals surface area contributed by atoms with E-state index in [4.69, 9.17) is 34.8 Å². The van der Waals surface area contributed by atoms with Crippen molar-refractivity contribution in [1.29, 1.82) is 0 Å². The summed E-state index contributed by atoms with van der Waals surface area (Å²) < 4.78 is 2.79. The van der Waals surface area contributed by atoms with E-state index in [0.29, 0.717) is 5.76 Å². The third kappa shape index (κ3) is 4.51. The van der Waals surface area contributed by atoms with Crippen LogP contribution in [0.15, 0.2) is 11.8 Å². The Morgan fingerprint density at radius 1 is 1.45 bits per heavy atom. The summed E-state index contributed by atoms with van der Waals surface area (Å²) in [6, 6.07) is 0.